The summed E-state index contributed by atoms with van der Waals surface area (Å²) in [6.07, 6.45) is 4.92. The molecular formula is C22H26N4O2. The average Bonchev–Trinajstić information content (AvgIpc) is 3.29. The van der Waals surface area contributed by atoms with Crippen LogP contribution >= 0.6 is 0 Å². The summed E-state index contributed by atoms with van der Waals surface area (Å²) in [6, 6.07) is 18.7. The van der Waals surface area contributed by atoms with Crippen molar-refractivity contribution in [3.63, 3.8) is 0 Å². The Balaban J connectivity index is 1.21. The van der Waals surface area contributed by atoms with Crippen molar-refractivity contribution in [2.45, 2.75) is 25.0 Å². The van der Waals surface area contributed by atoms with Crippen LogP contribution in [-0.2, 0) is 0 Å². The normalized spacial score (nSPS) is 16.8. The number of piperidine rings is 1. The third-order valence-electron chi connectivity index (χ3n) is 5.24. The zero-order valence-electron chi connectivity index (χ0n) is 15.9. The number of β-amino-alcohol motifs (C(OH)–C–C–N with tert-alkyl or cyclic N) is 1. The number of aromatic nitrogens is 3. The molecule has 1 aromatic heterocycles. The number of aliphatic hydroxyl groups excluding tert-OH is 1. The quantitative estimate of drug-likeness (QED) is 0.685. The average molecular weight is 378 g/mol. The Morgan fingerprint density at radius 2 is 1.71 bits per heavy atom. The molecule has 1 saturated heterocycles. The van der Waals surface area contributed by atoms with Crippen LogP contribution in [0.4, 0.5) is 0 Å². The van der Waals surface area contributed by atoms with Gasteiger partial charge in [0.25, 0.3) is 0 Å². The van der Waals surface area contributed by atoms with Crippen molar-refractivity contribution in [3.8, 4) is 16.9 Å². The van der Waals surface area contributed by atoms with E-state index in [1.165, 1.54) is 5.56 Å². The van der Waals surface area contributed by atoms with Crippen LogP contribution in [0.5, 0.6) is 5.75 Å². The summed E-state index contributed by atoms with van der Waals surface area (Å²) in [4.78, 5) is 6.31. The van der Waals surface area contributed by atoms with Crippen LogP contribution in [0.25, 0.3) is 11.1 Å². The molecule has 3 aromatic rings. The highest BCUT2D eigenvalue weighted by Gasteiger charge is 2.22. The number of likely N-dealkylation sites (tertiary alicyclic amines) is 1. The Morgan fingerprint density at radius 3 is 2.39 bits per heavy atom. The van der Waals surface area contributed by atoms with Gasteiger partial charge in [-0.2, -0.15) is 5.10 Å². The highest BCUT2D eigenvalue weighted by molar-refractivity contribution is 5.63. The highest BCUT2D eigenvalue weighted by Crippen LogP contribution is 2.23. The summed E-state index contributed by atoms with van der Waals surface area (Å²) in [5, 5.41) is 14.6. The molecule has 0 amide bonds. The molecule has 2 aromatic carbocycles. The van der Waals surface area contributed by atoms with Gasteiger partial charge in [0.15, 0.2) is 0 Å². The smallest absolute Gasteiger partial charge is 0.137 e. The van der Waals surface area contributed by atoms with Gasteiger partial charge in [-0.05, 0) is 36.1 Å². The minimum absolute atomic E-state index is 0.299. The summed E-state index contributed by atoms with van der Waals surface area (Å²) < 4.78 is 7.72. The molecule has 0 saturated carbocycles. The monoisotopic (exact) mass is 378 g/mol. The van der Waals surface area contributed by atoms with Gasteiger partial charge < -0.3 is 14.7 Å². The second-order valence-electron chi connectivity index (χ2n) is 7.26. The molecule has 1 fully saturated rings. The Labute approximate surface area is 165 Å². The van der Waals surface area contributed by atoms with Crippen LogP contribution in [0.2, 0.25) is 0 Å². The van der Waals surface area contributed by atoms with Crippen molar-refractivity contribution in [2.24, 2.45) is 0 Å². The van der Waals surface area contributed by atoms with Crippen molar-refractivity contribution in [1.29, 1.82) is 0 Å². The van der Waals surface area contributed by atoms with Gasteiger partial charge in [-0.1, -0.05) is 42.5 Å². The summed E-state index contributed by atoms with van der Waals surface area (Å²) in [5.41, 5.74) is 2.34. The van der Waals surface area contributed by atoms with Crippen molar-refractivity contribution in [3.05, 3.63) is 67.3 Å². The lowest BCUT2D eigenvalue weighted by Gasteiger charge is -2.32. The van der Waals surface area contributed by atoms with Gasteiger partial charge in [-0.25, -0.2) is 9.67 Å². The van der Waals surface area contributed by atoms with Crippen molar-refractivity contribution < 1.29 is 9.84 Å². The van der Waals surface area contributed by atoms with Crippen LogP contribution in [0.15, 0.2) is 67.3 Å². The van der Waals surface area contributed by atoms with Gasteiger partial charge in [0.2, 0.25) is 0 Å². The van der Waals surface area contributed by atoms with E-state index in [9.17, 15) is 5.11 Å². The molecule has 0 bridgehead atoms. The second-order valence-corrected chi connectivity index (χ2v) is 7.26. The summed E-state index contributed by atoms with van der Waals surface area (Å²) in [6.45, 7) is 2.83. The zero-order chi connectivity index (χ0) is 19.2. The van der Waals surface area contributed by atoms with Crippen LogP contribution < -0.4 is 4.74 Å². The van der Waals surface area contributed by atoms with Gasteiger partial charge in [0, 0.05) is 19.6 Å². The molecular weight excluding hydrogens is 352 g/mol. The minimum Gasteiger partial charge on any atom is -0.491 e. The SMILES string of the molecule is OC(COc1ccc(-c2ccccc2)cc1)CN1CCC(n2cncn2)CC1. The van der Waals surface area contributed by atoms with E-state index in [1.54, 1.807) is 12.7 Å². The van der Waals surface area contributed by atoms with Crippen molar-refractivity contribution in [1.82, 2.24) is 19.7 Å². The lowest BCUT2D eigenvalue weighted by molar-refractivity contribution is 0.0550. The largest absolute Gasteiger partial charge is 0.491 e. The maximum Gasteiger partial charge on any atom is 0.137 e. The van der Waals surface area contributed by atoms with Gasteiger partial charge >= 0.3 is 0 Å². The highest BCUT2D eigenvalue weighted by atomic mass is 16.5. The molecule has 1 aliphatic heterocycles. The van der Waals surface area contributed by atoms with Crippen molar-refractivity contribution >= 4 is 0 Å². The van der Waals surface area contributed by atoms with E-state index in [4.69, 9.17) is 4.74 Å². The Kier molecular flexibility index (Phi) is 5.99. The van der Waals surface area contributed by atoms with E-state index < -0.39 is 6.10 Å². The topological polar surface area (TPSA) is 63.4 Å². The maximum atomic E-state index is 10.4. The third kappa shape index (κ3) is 4.77. The molecule has 1 aliphatic rings. The van der Waals surface area contributed by atoms with E-state index in [0.29, 0.717) is 19.2 Å². The molecule has 6 nitrogen and oxygen atoms in total. The van der Waals surface area contributed by atoms with Gasteiger partial charge in [-0.3, -0.25) is 0 Å². The molecule has 2 heterocycles. The standard InChI is InChI=1S/C22H26N4O2/c27-21(14-25-12-10-20(11-13-25)26-17-23-16-24-26)15-28-22-8-6-19(7-9-22)18-4-2-1-3-5-18/h1-9,16-17,20-21,27H,10-15H2. The summed E-state index contributed by atoms with van der Waals surface area (Å²) >= 11 is 0. The summed E-state index contributed by atoms with van der Waals surface area (Å²) in [5.74, 6) is 0.781. The number of hydrogen-bond donors (Lipinski definition) is 1. The van der Waals surface area contributed by atoms with Crippen LogP contribution in [0.3, 0.4) is 0 Å². The molecule has 146 valence electrons. The van der Waals surface area contributed by atoms with E-state index in [1.807, 2.05) is 47.1 Å². The predicted molar refractivity (Wildman–Crippen MR) is 108 cm³/mol. The third-order valence-corrected chi connectivity index (χ3v) is 5.24. The first-order valence-corrected chi connectivity index (χ1v) is 9.81. The Morgan fingerprint density at radius 1 is 1.00 bits per heavy atom. The van der Waals surface area contributed by atoms with Gasteiger partial charge in [0.05, 0.1) is 6.04 Å². The number of nitrogens with zero attached hydrogens (tertiary/aromatic N) is 4. The fraction of sp³-hybridized carbons (Fsp3) is 0.364. The molecule has 1 unspecified atom stereocenters. The van der Waals surface area contributed by atoms with E-state index in [0.717, 1.165) is 37.2 Å². The van der Waals surface area contributed by atoms with Crippen molar-refractivity contribution in [2.75, 3.05) is 26.2 Å². The minimum atomic E-state index is -0.503. The van der Waals surface area contributed by atoms with E-state index >= 15 is 0 Å². The molecule has 0 radical (unpaired) electrons. The Bertz CT molecular complexity index is 829. The van der Waals surface area contributed by atoms with Crippen LogP contribution in [-0.4, -0.2) is 57.1 Å². The summed E-state index contributed by atoms with van der Waals surface area (Å²) in [7, 11) is 0. The first kappa shape index (κ1) is 18.7. The predicted octanol–water partition coefficient (Wildman–Crippen LogP) is 3.02. The first-order valence-electron chi connectivity index (χ1n) is 9.81. The number of benzene rings is 2. The molecule has 1 atom stereocenters. The van der Waals surface area contributed by atoms with Crippen LogP contribution in [0.1, 0.15) is 18.9 Å². The van der Waals surface area contributed by atoms with Gasteiger partial charge in [0.1, 0.15) is 31.1 Å². The van der Waals surface area contributed by atoms with E-state index in [2.05, 4.69) is 27.1 Å². The molecule has 4 rings (SSSR count). The lowest BCUT2D eigenvalue weighted by atomic mass is 10.1. The number of rotatable bonds is 7. The molecule has 6 heteroatoms. The van der Waals surface area contributed by atoms with E-state index in [-0.39, 0.29) is 0 Å². The lowest BCUT2D eigenvalue weighted by Crippen LogP contribution is -2.41. The van der Waals surface area contributed by atoms with Gasteiger partial charge in [-0.15, -0.1) is 0 Å². The van der Waals surface area contributed by atoms with Crippen LogP contribution in [0, 0.1) is 0 Å². The molecule has 0 aliphatic carbocycles. The fourth-order valence-electron chi connectivity index (χ4n) is 3.69. The number of aliphatic hydroxyl groups is 1. The molecule has 1 N–H and O–H groups in total. The Hall–Kier alpha value is -2.70. The maximum absolute atomic E-state index is 10.4. The zero-order valence-corrected chi connectivity index (χ0v) is 15.9. The number of hydrogen-bond acceptors (Lipinski definition) is 5. The molecule has 28 heavy (non-hydrogen) atoms. The molecule has 0 spiro atoms. The first-order chi connectivity index (χ1) is 13.8. The number of ether oxygens (including phenoxy) is 1. The second kappa shape index (κ2) is 8.99. The fourth-order valence-corrected chi connectivity index (χ4v) is 3.69.